The lowest BCUT2D eigenvalue weighted by molar-refractivity contribution is 0.284. The molecule has 0 N–H and O–H groups in total. The van der Waals surface area contributed by atoms with Crippen LogP contribution in [0.2, 0.25) is 0 Å². The molecule has 1 aromatic heterocycles. The van der Waals surface area contributed by atoms with Crippen LogP contribution < -0.4 is 15.0 Å². The highest BCUT2D eigenvalue weighted by Crippen LogP contribution is 2.32. The molecule has 0 aliphatic heterocycles. The number of rotatable bonds is 18. The second-order valence-corrected chi connectivity index (χ2v) is 9.23. The Bertz CT molecular complexity index is 853. The number of benzene rings is 1. The number of methoxy groups -OCH3 is 1. The van der Waals surface area contributed by atoms with Gasteiger partial charge < -0.3 is 9.47 Å². The molecular formula is C28H46N2O3. The Hall–Kier alpha value is -2.17. The van der Waals surface area contributed by atoms with Crippen LogP contribution in [-0.2, 0) is 14.1 Å². The van der Waals surface area contributed by atoms with Gasteiger partial charge in [0.2, 0.25) is 0 Å². The van der Waals surface area contributed by atoms with Crippen LogP contribution >= 0.6 is 0 Å². The molecule has 5 heteroatoms. The van der Waals surface area contributed by atoms with Crippen LogP contribution in [0.15, 0.2) is 29.1 Å². The fourth-order valence-corrected chi connectivity index (χ4v) is 4.31. The van der Waals surface area contributed by atoms with Crippen molar-refractivity contribution in [3.8, 4) is 22.8 Å². The van der Waals surface area contributed by atoms with E-state index in [1.165, 1.54) is 83.5 Å². The van der Waals surface area contributed by atoms with Gasteiger partial charge in [0.25, 0.3) is 5.56 Å². The lowest BCUT2D eigenvalue weighted by Crippen LogP contribution is -2.16. The molecule has 0 radical (unpaired) electrons. The maximum Gasteiger partial charge on any atom is 0.266 e. The molecule has 186 valence electrons. The van der Waals surface area contributed by atoms with Crippen molar-refractivity contribution < 1.29 is 9.47 Å². The standard InChI is InChI=1S/C28H46N2O3/c1-5-6-7-8-9-10-11-12-13-14-15-16-17-18-21-33-26-20-19-24(22-27(26)32-4)25-23-28(31)30(3)29(25)2/h19-20,22-23H,5-18,21H2,1-4H3. The summed E-state index contributed by atoms with van der Waals surface area (Å²) in [6.45, 7) is 2.99. The molecule has 0 spiro atoms. The van der Waals surface area contributed by atoms with Crippen LogP contribution in [0, 0.1) is 0 Å². The summed E-state index contributed by atoms with van der Waals surface area (Å²) in [6.07, 6.45) is 18.9. The molecule has 2 aromatic rings. The van der Waals surface area contributed by atoms with Crippen LogP contribution in [0.1, 0.15) is 96.8 Å². The molecular weight excluding hydrogens is 412 g/mol. The first-order valence-corrected chi connectivity index (χ1v) is 13.1. The molecule has 33 heavy (non-hydrogen) atoms. The van der Waals surface area contributed by atoms with Crippen molar-refractivity contribution in [1.82, 2.24) is 9.36 Å². The molecule has 0 saturated heterocycles. The summed E-state index contributed by atoms with van der Waals surface area (Å²) in [5, 5.41) is 0. The van der Waals surface area contributed by atoms with Gasteiger partial charge in [-0.25, -0.2) is 0 Å². The third-order valence-corrected chi connectivity index (χ3v) is 6.59. The van der Waals surface area contributed by atoms with Gasteiger partial charge >= 0.3 is 0 Å². The predicted octanol–water partition coefficient (Wildman–Crippen LogP) is 7.26. The number of nitrogens with zero attached hydrogens (tertiary/aromatic N) is 2. The van der Waals surface area contributed by atoms with E-state index in [1.807, 2.05) is 29.9 Å². The second-order valence-electron chi connectivity index (χ2n) is 9.23. The fraction of sp³-hybridized carbons (Fsp3) is 0.679. The fourth-order valence-electron chi connectivity index (χ4n) is 4.31. The van der Waals surface area contributed by atoms with E-state index < -0.39 is 0 Å². The minimum atomic E-state index is -0.0235. The minimum absolute atomic E-state index is 0.0235. The van der Waals surface area contributed by atoms with Crippen molar-refractivity contribution in [3.63, 3.8) is 0 Å². The summed E-state index contributed by atoms with van der Waals surface area (Å²) in [7, 11) is 5.29. The second kappa shape index (κ2) is 15.6. The molecule has 0 unspecified atom stereocenters. The van der Waals surface area contributed by atoms with Gasteiger partial charge in [0, 0.05) is 25.7 Å². The lowest BCUT2D eigenvalue weighted by atomic mass is 10.0. The largest absolute Gasteiger partial charge is 0.493 e. The van der Waals surface area contributed by atoms with Crippen molar-refractivity contribution >= 4 is 0 Å². The Morgan fingerprint density at radius 2 is 1.24 bits per heavy atom. The van der Waals surface area contributed by atoms with Gasteiger partial charge in [-0.15, -0.1) is 0 Å². The van der Waals surface area contributed by atoms with Crippen LogP contribution in [0.25, 0.3) is 11.3 Å². The van der Waals surface area contributed by atoms with Gasteiger partial charge in [0.1, 0.15) is 0 Å². The average molecular weight is 459 g/mol. The molecule has 0 amide bonds. The normalized spacial score (nSPS) is 11.2. The summed E-state index contributed by atoms with van der Waals surface area (Å²) in [5.74, 6) is 1.46. The molecule has 1 aromatic carbocycles. The first-order chi connectivity index (χ1) is 16.1. The van der Waals surface area contributed by atoms with Gasteiger partial charge in [-0.3, -0.25) is 14.2 Å². The first kappa shape index (κ1) is 27.1. The van der Waals surface area contributed by atoms with Crippen LogP contribution in [0.5, 0.6) is 11.5 Å². The van der Waals surface area contributed by atoms with Crippen molar-refractivity contribution in [3.05, 3.63) is 34.6 Å². The van der Waals surface area contributed by atoms with Gasteiger partial charge in [-0.2, -0.15) is 0 Å². The van der Waals surface area contributed by atoms with Gasteiger partial charge in [0.15, 0.2) is 11.5 Å². The average Bonchev–Trinajstić information content (AvgIpc) is 3.08. The monoisotopic (exact) mass is 458 g/mol. The molecule has 0 saturated carbocycles. The van der Waals surface area contributed by atoms with Gasteiger partial charge in [-0.1, -0.05) is 90.4 Å². The van der Waals surface area contributed by atoms with E-state index in [1.54, 1.807) is 24.9 Å². The Morgan fingerprint density at radius 3 is 1.73 bits per heavy atom. The molecule has 0 aliphatic carbocycles. The zero-order chi connectivity index (χ0) is 23.9. The van der Waals surface area contributed by atoms with Crippen LogP contribution in [-0.4, -0.2) is 23.1 Å². The van der Waals surface area contributed by atoms with Crippen molar-refractivity contribution in [2.24, 2.45) is 14.1 Å². The van der Waals surface area contributed by atoms with E-state index in [-0.39, 0.29) is 5.56 Å². The Labute approximate surface area is 201 Å². The quantitative estimate of drug-likeness (QED) is 0.221. The number of aromatic nitrogens is 2. The number of hydrogen-bond acceptors (Lipinski definition) is 3. The van der Waals surface area contributed by atoms with Crippen molar-refractivity contribution in [2.75, 3.05) is 13.7 Å². The molecule has 2 rings (SSSR count). The van der Waals surface area contributed by atoms with Crippen molar-refractivity contribution in [2.45, 2.75) is 96.8 Å². The van der Waals surface area contributed by atoms with E-state index in [0.717, 1.165) is 23.4 Å². The molecule has 0 bridgehead atoms. The third kappa shape index (κ3) is 9.30. The SMILES string of the molecule is CCCCCCCCCCCCCCCCOc1ccc(-c2cc(=O)n(C)n2C)cc1OC. The van der Waals surface area contributed by atoms with E-state index in [0.29, 0.717) is 12.4 Å². The Kier molecular flexibility index (Phi) is 12.8. The lowest BCUT2D eigenvalue weighted by Gasteiger charge is -2.13. The number of ether oxygens (including phenoxy) is 2. The van der Waals surface area contributed by atoms with Crippen LogP contribution in [0.3, 0.4) is 0 Å². The summed E-state index contributed by atoms with van der Waals surface area (Å²) in [6, 6.07) is 7.51. The molecule has 0 aliphatic rings. The molecule has 1 heterocycles. The highest BCUT2D eigenvalue weighted by atomic mass is 16.5. The Balaban J connectivity index is 1.57. The molecule has 5 nitrogen and oxygen atoms in total. The van der Waals surface area contributed by atoms with Crippen molar-refractivity contribution in [1.29, 1.82) is 0 Å². The van der Waals surface area contributed by atoms with E-state index in [2.05, 4.69) is 6.92 Å². The zero-order valence-corrected chi connectivity index (χ0v) is 21.5. The first-order valence-electron chi connectivity index (χ1n) is 13.1. The van der Waals surface area contributed by atoms with Gasteiger partial charge in [-0.05, 0) is 24.6 Å². The zero-order valence-electron chi connectivity index (χ0n) is 21.5. The molecule has 0 fully saturated rings. The highest BCUT2D eigenvalue weighted by molar-refractivity contribution is 5.64. The van der Waals surface area contributed by atoms with E-state index in [4.69, 9.17) is 9.47 Å². The minimum Gasteiger partial charge on any atom is -0.493 e. The summed E-state index contributed by atoms with van der Waals surface area (Å²) >= 11 is 0. The third-order valence-electron chi connectivity index (χ3n) is 6.59. The Morgan fingerprint density at radius 1 is 0.697 bits per heavy atom. The predicted molar refractivity (Wildman–Crippen MR) is 138 cm³/mol. The maximum atomic E-state index is 11.9. The summed E-state index contributed by atoms with van der Waals surface area (Å²) in [5.41, 5.74) is 1.78. The van der Waals surface area contributed by atoms with Gasteiger partial charge in [0.05, 0.1) is 19.4 Å². The number of unbranched alkanes of at least 4 members (excludes halogenated alkanes) is 13. The number of hydrogen-bond donors (Lipinski definition) is 0. The summed E-state index contributed by atoms with van der Waals surface area (Å²) < 4.78 is 15.0. The highest BCUT2D eigenvalue weighted by Gasteiger charge is 2.11. The topological polar surface area (TPSA) is 45.4 Å². The van der Waals surface area contributed by atoms with E-state index in [9.17, 15) is 4.79 Å². The summed E-state index contributed by atoms with van der Waals surface area (Å²) in [4.78, 5) is 11.9. The maximum absolute atomic E-state index is 11.9. The van der Waals surface area contributed by atoms with Crippen LogP contribution in [0.4, 0.5) is 0 Å². The molecule has 0 atom stereocenters. The van der Waals surface area contributed by atoms with E-state index >= 15 is 0 Å². The smallest absolute Gasteiger partial charge is 0.266 e.